The van der Waals surface area contributed by atoms with Crippen molar-refractivity contribution in [2.24, 2.45) is 11.3 Å². The Morgan fingerprint density at radius 1 is 1.60 bits per heavy atom. The summed E-state index contributed by atoms with van der Waals surface area (Å²) in [4.78, 5) is 11.6. The van der Waals surface area contributed by atoms with Crippen LogP contribution in [0.2, 0.25) is 0 Å². The SMILES string of the molecule is CC(C)C(C)(C)CNC(=O)c1cn[nH]c1. The van der Waals surface area contributed by atoms with Crippen molar-refractivity contribution in [1.29, 1.82) is 0 Å². The van der Waals surface area contributed by atoms with Gasteiger partial charge in [0.2, 0.25) is 0 Å². The van der Waals surface area contributed by atoms with E-state index in [1.807, 2.05) is 0 Å². The van der Waals surface area contributed by atoms with Crippen LogP contribution in [0.3, 0.4) is 0 Å². The van der Waals surface area contributed by atoms with Crippen LogP contribution in [0, 0.1) is 11.3 Å². The molecule has 0 spiro atoms. The number of aromatic amines is 1. The number of hydrogen-bond acceptors (Lipinski definition) is 2. The summed E-state index contributed by atoms with van der Waals surface area (Å²) < 4.78 is 0. The van der Waals surface area contributed by atoms with Gasteiger partial charge < -0.3 is 5.32 Å². The zero-order valence-electron chi connectivity index (χ0n) is 9.79. The van der Waals surface area contributed by atoms with Crippen molar-refractivity contribution in [2.75, 3.05) is 6.54 Å². The normalized spacial score (nSPS) is 11.8. The van der Waals surface area contributed by atoms with E-state index in [9.17, 15) is 4.79 Å². The first-order chi connectivity index (χ1) is 6.93. The molecule has 0 bridgehead atoms. The van der Waals surface area contributed by atoms with Crippen molar-refractivity contribution in [1.82, 2.24) is 15.5 Å². The van der Waals surface area contributed by atoms with Crippen molar-refractivity contribution >= 4 is 5.91 Å². The molecule has 0 atom stereocenters. The summed E-state index contributed by atoms with van der Waals surface area (Å²) in [5.41, 5.74) is 0.689. The second-order valence-electron chi connectivity index (χ2n) is 4.81. The third-order valence-corrected chi connectivity index (χ3v) is 3.03. The van der Waals surface area contributed by atoms with Crippen LogP contribution in [0.5, 0.6) is 0 Å². The highest BCUT2D eigenvalue weighted by Gasteiger charge is 2.23. The summed E-state index contributed by atoms with van der Waals surface area (Å²) in [6.45, 7) is 9.28. The molecule has 0 aliphatic heterocycles. The lowest BCUT2D eigenvalue weighted by atomic mass is 9.81. The summed E-state index contributed by atoms with van der Waals surface area (Å²) in [6.07, 6.45) is 3.12. The smallest absolute Gasteiger partial charge is 0.254 e. The number of amides is 1. The molecule has 2 N–H and O–H groups in total. The molecule has 0 aromatic carbocycles. The van der Waals surface area contributed by atoms with Gasteiger partial charge in [0.05, 0.1) is 11.8 Å². The molecule has 1 rings (SSSR count). The Bertz CT molecular complexity index is 315. The van der Waals surface area contributed by atoms with Crippen molar-refractivity contribution in [3.63, 3.8) is 0 Å². The molecule has 1 aromatic rings. The van der Waals surface area contributed by atoms with Crippen LogP contribution in [-0.2, 0) is 0 Å². The molecular formula is C11H19N3O. The minimum Gasteiger partial charge on any atom is -0.351 e. The molecule has 1 amide bonds. The summed E-state index contributed by atoms with van der Waals surface area (Å²) in [6, 6.07) is 0. The number of rotatable bonds is 4. The monoisotopic (exact) mass is 209 g/mol. The highest BCUT2D eigenvalue weighted by Crippen LogP contribution is 2.24. The first-order valence-corrected chi connectivity index (χ1v) is 5.20. The fourth-order valence-electron chi connectivity index (χ4n) is 0.989. The lowest BCUT2D eigenvalue weighted by Gasteiger charge is -2.29. The van der Waals surface area contributed by atoms with E-state index in [1.165, 1.54) is 6.20 Å². The topological polar surface area (TPSA) is 57.8 Å². The van der Waals surface area contributed by atoms with Crippen molar-refractivity contribution in [3.05, 3.63) is 18.0 Å². The van der Waals surface area contributed by atoms with Gasteiger partial charge in [0.15, 0.2) is 0 Å². The summed E-state index contributed by atoms with van der Waals surface area (Å²) in [7, 11) is 0. The molecule has 1 aromatic heterocycles. The van der Waals surface area contributed by atoms with Crippen LogP contribution < -0.4 is 5.32 Å². The van der Waals surface area contributed by atoms with Crippen LogP contribution in [0.15, 0.2) is 12.4 Å². The maximum absolute atomic E-state index is 11.6. The van der Waals surface area contributed by atoms with Crippen molar-refractivity contribution in [3.8, 4) is 0 Å². The molecule has 0 saturated heterocycles. The fourth-order valence-corrected chi connectivity index (χ4v) is 0.989. The quantitative estimate of drug-likeness (QED) is 0.794. The molecule has 0 fully saturated rings. The summed E-state index contributed by atoms with van der Waals surface area (Å²) in [5, 5.41) is 9.26. The predicted molar refractivity (Wildman–Crippen MR) is 59.5 cm³/mol. The molecule has 0 aliphatic carbocycles. The third-order valence-electron chi connectivity index (χ3n) is 3.03. The lowest BCUT2D eigenvalue weighted by Crippen LogP contribution is -2.36. The molecule has 1 heterocycles. The fraction of sp³-hybridized carbons (Fsp3) is 0.636. The van der Waals surface area contributed by atoms with Crippen molar-refractivity contribution < 1.29 is 4.79 Å². The molecule has 0 aliphatic rings. The Balaban J connectivity index is 2.48. The Morgan fingerprint density at radius 2 is 2.27 bits per heavy atom. The van der Waals surface area contributed by atoms with Gasteiger partial charge in [-0.05, 0) is 11.3 Å². The number of H-pyrrole nitrogens is 1. The van der Waals surface area contributed by atoms with E-state index in [1.54, 1.807) is 6.20 Å². The van der Waals surface area contributed by atoms with Gasteiger partial charge in [-0.1, -0.05) is 27.7 Å². The minimum atomic E-state index is -0.0718. The van der Waals surface area contributed by atoms with E-state index in [2.05, 4.69) is 43.2 Å². The number of aromatic nitrogens is 2. The van der Waals surface area contributed by atoms with E-state index in [0.29, 0.717) is 18.0 Å². The van der Waals surface area contributed by atoms with Crippen molar-refractivity contribution in [2.45, 2.75) is 27.7 Å². The van der Waals surface area contributed by atoms with Gasteiger partial charge in [-0.25, -0.2) is 0 Å². The Morgan fingerprint density at radius 3 is 2.73 bits per heavy atom. The largest absolute Gasteiger partial charge is 0.351 e. The van der Waals surface area contributed by atoms with Gasteiger partial charge >= 0.3 is 0 Å². The Kier molecular flexibility index (Phi) is 3.50. The van der Waals surface area contributed by atoms with Gasteiger partial charge in [-0.3, -0.25) is 9.89 Å². The molecular weight excluding hydrogens is 190 g/mol. The first kappa shape index (κ1) is 11.8. The lowest BCUT2D eigenvalue weighted by molar-refractivity contribution is 0.0925. The second kappa shape index (κ2) is 4.47. The van der Waals surface area contributed by atoms with Gasteiger partial charge in [0.1, 0.15) is 0 Å². The van der Waals surface area contributed by atoms with Gasteiger partial charge in [-0.15, -0.1) is 0 Å². The maximum atomic E-state index is 11.6. The first-order valence-electron chi connectivity index (χ1n) is 5.20. The Labute approximate surface area is 90.5 Å². The van der Waals surface area contributed by atoms with Crippen LogP contribution in [0.4, 0.5) is 0 Å². The van der Waals surface area contributed by atoms with Crippen LogP contribution in [0.25, 0.3) is 0 Å². The zero-order chi connectivity index (χ0) is 11.5. The predicted octanol–water partition coefficient (Wildman–Crippen LogP) is 1.82. The van der Waals surface area contributed by atoms with E-state index < -0.39 is 0 Å². The number of hydrogen-bond donors (Lipinski definition) is 2. The number of carbonyl (C=O) groups excluding carboxylic acids is 1. The van der Waals surface area contributed by atoms with E-state index in [-0.39, 0.29) is 11.3 Å². The average Bonchev–Trinajstić information content (AvgIpc) is 2.66. The maximum Gasteiger partial charge on any atom is 0.254 e. The molecule has 0 unspecified atom stereocenters. The van der Waals surface area contributed by atoms with E-state index >= 15 is 0 Å². The summed E-state index contributed by atoms with van der Waals surface area (Å²) >= 11 is 0. The molecule has 84 valence electrons. The molecule has 0 saturated carbocycles. The molecule has 0 radical (unpaired) electrons. The van der Waals surface area contributed by atoms with Crippen LogP contribution in [0.1, 0.15) is 38.1 Å². The van der Waals surface area contributed by atoms with Gasteiger partial charge in [0, 0.05) is 12.7 Å². The summed E-state index contributed by atoms with van der Waals surface area (Å²) in [5.74, 6) is 0.458. The third kappa shape index (κ3) is 3.08. The van der Waals surface area contributed by atoms with Crippen LogP contribution >= 0.6 is 0 Å². The standard InChI is InChI=1S/C11H19N3O/c1-8(2)11(3,4)7-12-10(15)9-5-13-14-6-9/h5-6,8H,7H2,1-4H3,(H,12,15)(H,13,14). The number of nitrogens with one attached hydrogen (secondary N) is 2. The van der Waals surface area contributed by atoms with Crippen LogP contribution in [-0.4, -0.2) is 22.6 Å². The highest BCUT2D eigenvalue weighted by atomic mass is 16.1. The highest BCUT2D eigenvalue weighted by molar-refractivity contribution is 5.93. The minimum absolute atomic E-state index is 0.0718. The van der Waals surface area contributed by atoms with E-state index in [0.717, 1.165) is 0 Å². The van der Waals surface area contributed by atoms with Gasteiger partial charge in [0.25, 0.3) is 5.91 Å². The second-order valence-corrected chi connectivity index (χ2v) is 4.81. The molecule has 4 heteroatoms. The van der Waals surface area contributed by atoms with Gasteiger partial charge in [-0.2, -0.15) is 5.10 Å². The zero-order valence-corrected chi connectivity index (χ0v) is 9.79. The average molecular weight is 209 g/mol. The van der Waals surface area contributed by atoms with E-state index in [4.69, 9.17) is 0 Å². The Hall–Kier alpha value is -1.32. The molecule has 4 nitrogen and oxygen atoms in total. The molecule has 15 heavy (non-hydrogen) atoms. The number of nitrogens with zero attached hydrogens (tertiary/aromatic N) is 1. The number of carbonyl (C=O) groups is 1.